The van der Waals surface area contributed by atoms with Crippen LogP contribution in [0.5, 0.6) is 0 Å². The zero-order chi connectivity index (χ0) is 23.3. The normalized spacial score (nSPS) is 18.9. The summed E-state index contributed by atoms with van der Waals surface area (Å²) in [5, 5.41) is 17.7. The molecule has 1 aliphatic rings. The fourth-order valence-electron chi connectivity index (χ4n) is 4.10. The monoisotopic (exact) mass is 465 g/mol. The van der Waals surface area contributed by atoms with Crippen molar-refractivity contribution in [1.29, 1.82) is 0 Å². The van der Waals surface area contributed by atoms with E-state index in [-0.39, 0.29) is 24.2 Å². The van der Waals surface area contributed by atoms with Crippen molar-refractivity contribution in [2.75, 3.05) is 0 Å². The number of nitrogens with one attached hydrogen (secondary N) is 2. The summed E-state index contributed by atoms with van der Waals surface area (Å²) < 4.78 is 39.3. The second kappa shape index (κ2) is 10.4. The van der Waals surface area contributed by atoms with Gasteiger partial charge in [-0.15, -0.1) is 0 Å². The molecule has 172 valence electrons. The first kappa shape index (κ1) is 24.1. The Morgan fingerprint density at radius 2 is 1.75 bits per heavy atom. The highest BCUT2D eigenvalue weighted by atomic mass is 32.1. The summed E-state index contributed by atoms with van der Waals surface area (Å²) in [7, 11) is 0. The van der Waals surface area contributed by atoms with Crippen molar-refractivity contribution in [3.8, 4) is 0 Å². The van der Waals surface area contributed by atoms with Gasteiger partial charge in [0.2, 0.25) is 0 Å². The second-order valence-corrected chi connectivity index (χ2v) is 8.74. The van der Waals surface area contributed by atoms with E-state index in [1.165, 1.54) is 12.1 Å². The average Bonchev–Trinajstić information content (AvgIpc) is 2.72. The number of alkyl halides is 3. The summed E-state index contributed by atoms with van der Waals surface area (Å²) in [6, 6.07) is 10.7. The number of aryl methyl sites for hydroxylation is 1. The van der Waals surface area contributed by atoms with Crippen LogP contribution in [0.25, 0.3) is 0 Å². The maximum absolute atomic E-state index is 13.1. The first-order valence-electron chi connectivity index (χ1n) is 10.6. The van der Waals surface area contributed by atoms with Crippen LogP contribution in [0.1, 0.15) is 47.9 Å². The maximum atomic E-state index is 13.1. The molecule has 3 rings (SSSR count). The Bertz CT molecular complexity index is 964. The summed E-state index contributed by atoms with van der Waals surface area (Å²) in [5.74, 6) is 0. The highest BCUT2D eigenvalue weighted by Crippen LogP contribution is 2.31. The topological polar surface area (TPSA) is 67.2 Å². The van der Waals surface area contributed by atoms with Crippen molar-refractivity contribution in [2.45, 2.75) is 63.8 Å². The number of rotatable bonds is 7. The number of nitrogens with zero attached hydrogens (tertiary/aromatic N) is 1. The molecule has 9 heteroatoms. The molecule has 0 amide bonds. The summed E-state index contributed by atoms with van der Waals surface area (Å²) in [6.07, 6.45) is -0.123. The van der Waals surface area contributed by atoms with Gasteiger partial charge in [0.05, 0.1) is 15.5 Å². The third kappa shape index (κ3) is 6.74. The van der Waals surface area contributed by atoms with Gasteiger partial charge in [-0.25, -0.2) is 0 Å². The van der Waals surface area contributed by atoms with Crippen molar-refractivity contribution in [3.63, 3.8) is 0 Å². The van der Waals surface area contributed by atoms with E-state index in [4.69, 9.17) is 12.2 Å². The van der Waals surface area contributed by atoms with Gasteiger partial charge in [-0.3, -0.25) is 10.1 Å². The molecule has 32 heavy (non-hydrogen) atoms. The van der Waals surface area contributed by atoms with E-state index in [9.17, 15) is 23.3 Å². The summed E-state index contributed by atoms with van der Waals surface area (Å²) >= 11 is 5.48. The Hall–Kier alpha value is -2.52. The van der Waals surface area contributed by atoms with Crippen molar-refractivity contribution in [1.82, 2.24) is 10.6 Å². The Morgan fingerprint density at radius 1 is 1.09 bits per heavy atom. The minimum absolute atomic E-state index is 0.0566. The van der Waals surface area contributed by atoms with Gasteiger partial charge in [0.15, 0.2) is 0 Å². The van der Waals surface area contributed by atoms with E-state index in [2.05, 4.69) is 10.6 Å². The van der Waals surface area contributed by atoms with Crippen LogP contribution < -0.4 is 10.6 Å². The molecule has 0 unspecified atom stereocenters. The van der Waals surface area contributed by atoms with Crippen molar-refractivity contribution in [2.24, 2.45) is 0 Å². The molecule has 1 saturated carbocycles. The lowest BCUT2D eigenvalue weighted by Gasteiger charge is -2.34. The van der Waals surface area contributed by atoms with E-state index < -0.39 is 16.7 Å². The molecular weight excluding hydrogens is 439 g/mol. The van der Waals surface area contributed by atoms with E-state index in [1.807, 2.05) is 0 Å². The van der Waals surface area contributed by atoms with Gasteiger partial charge in [-0.2, -0.15) is 13.2 Å². The van der Waals surface area contributed by atoms with Crippen LogP contribution in [0, 0.1) is 17.0 Å². The Balaban J connectivity index is 1.59. The summed E-state index contributed by atoms with van der Waals surface area (Å²) in [4.78, 5) is 10.9. The zero-order valence-corrected chi connectivity index (χ0v) is 18.6. The van der Waals surface area contributed by atoms with E-state index in [1.54, 1.807) is 25.1 Å². The molecule has 0 aromatic heterocycles. The fraction of sp³-hybridized carbons (Fsp3) is 0.435. The number of hydrogen-bond acceptors (Lipinski definition) is 4. The number of hydrogen-bond donors (Lipinski definition) is 2. The molecule has 5 nitrogen and oxygen atoms in total. The minimum Gasteiger partial charge on any atom is -0.375 e. The number of nitro groups is 1. The van der Waals surface area contributed by atoms with Crippen LogP contribution in [0.3, 0.4) is 0 Å². The van der Waals surface area contributed by atoms with Crippen LogP contribution in [0.4, 0.5) is 18.9 Å². The van der Waals surface area contributed by atoms with Gasteiger partial charge in [-0.1, -0.05) is 48.8 Å². The molecule has 2 aromatic rings. The second-order valence-electron chi connectivity index (χ2n) is 8.25. The third-order valence-electron chi connectivity index (χ3n) is 5.66. The lowest BCUT2D eigenvalue weighted by atomic mass is 9.90. The zero-order valence-electron chi connectivity index (χ0n) is 17.7. The van der Waals surface area contributed by atoms with E-state index >= 15 is 0 Å². The standard InChI is InChI=1S/C23H26F3N3O2S/c1-15-10-17(12-18(11-15)23(24,25)26)13-22(32)28-21-5-3-2-4-20(21)27-14-16-6-8-19(9-7-16)29(30)31/h6-12,20-21,27H,2-5,13-14H2,1H3,(H,28,32)/t20-,21-/m1/s1. The molecule has 0 aliphatic heterocycles. The number of halogens is 3. The van der Waals surface area contributed by atoms with Crippen LogP contribution in [-0.2, 0) is 19.1 Å². The van der Waals surface area contributed by atoms with E-state index in [0.717, 1.165) is 43.4 Å². The molecule has 0 heterocycles. The fourth-order valence-corrected chi connectivity index (χ4v) is 4.42. The predicted octanol–water partition coefficient (Wildman–Crippen LogP) is 5.48. The smallest absolute Gasteiger partial charge is 0.375 e. The SMILES string of the molecule is Cc1cc(CC(=S)N[C@@H]2CCCC[C@H]2NCc2ccc([N+](=O)[O-])cc2)cc(C(F)(F)F)c1. The maximum Gasteiger partial charge on any atom is 0.416 e. The minimum atomic E-state index is -4.38. The van der Waals surface area contributed by atoms with Crippen molar-refractivity contribution >= 4 is 22.9 Å². The quantitative estimate of drug-likeness (QED) is 0.322. The van der Waals surface area contributed by atoms with Gasteiger partial charge in [0.25, 0.3) is 5.69 Å². The van der Waals surface area contributed by atoms with Crippen LogP contribution in [0.15, 0.2) is 42.5 Å². The van der Waals surface area contributed by atoms with Gasteiger partial charge in [0.1, 0.15) is 0 Å². The first-order chi connectivity index (χ1) is 15.1. The summed E-state index contributed by atoms with van der Waals surface area (Å²) in [5.41, 5.74) is 1.44. The highest BCUT2D eigenvalue weighted by molar-refractivity contribution is 7.80. The van der Waals surface area contributed by atoms with Crippen molar-refractivity contribution < 1.29 is 18.1 Å². The molecule has 2 aromatic carbocycles. The van der Waals surface area contributed by atoms with Gasteiger partial charge in [-0.05, 0) is 43.0 Å². The van der Waals surface area contributed by atoms with Gasteiger partial charge >= 0.3 is 6.18 Å². The molecule has 0 spiro atoms. The molecule has 0 radical (unpaired) electrons. The van der Waals surface area contributed by atoms with Crippen molar-refractivity contribution in [3.05, 3.63) is 74.8 Å². The van der Waals surface area contributed by atoms with Gasteiger partial charge in [0, 0.05) is 37.2 Å². The predicted molar refractivity (Wildman–Crippen MR) is 122 cm³/mol. The molecule has 2 N–H and O–H groups in total. The third-order valence-corrected chi connectivity index (χ3v) is 5.92. The largest absolute Gasteiger partial charge is 0.416 e. The Kier molecular flexibility index (Phi) is 7.84. The lowest BCUT2D eigenvalue weighted by molar-refractivity contribution is -0.384. The van der Waals surface area contributed by atoms with Crippen LogP contribution in [0.2, 0.25) is 0 Å². The molecule has 0 bridgehead atoms. The average molecular weight is 466 g/mol. The van der Waals surface area contributed by atoms with Crippen LogP contribution in [-0.4, -0.2) is 22.0 Å². The molecule has 0 saturated heterocycles. The number of benzene rings is 2. The highest BCUT2D eigenvalue weighted by Gasteiger charge is 2.31. The lowest BCUT2D eigenvalue weighted by Crippen LogP contribution is -2.51. The molecule has 2 atom stereocenters. The molecule has 1 aliphatic carbocycles. The van der Waals surface area contributed by atoms with Gasteiger partial charge < -0.3 is 10.6 Å². The summed E-state index contributed by atoms with van der Waals surface area (Å²) in [6.45, 7) is 2.22. The first-order valence-corrected chi connectivity index (χ1v) is 11.0. The van der Waals surface area contributed by atoms with Crippen LogP contribution >= 0.6 is 12.2 Å². The number of nitro benzene ring substituents is 1. The Morgan fingerprint density at radius 3 is 2.38 bits per heavy atom. The molecular formula is C23H26F3N3O2S. The van der Waals surface area contributed by atoms with E-state index in [0.29, 0.717) is 22.7 Å². The Labute approximate surface area is 190 Å². The number of non-ortho nitro benzene ring substituents is 1. The molecule has 1 fully saturated rings. The number of thiocarbonyl (C=S) groups is 1.